The SMILES string of the molecule is CC(C)(C)c1ccc2c(c1)[CH]([Zr+2][C]1=C([SiH](Cc3ccccc3)Cc3ccccc3)C=CC1)c1cc(C(C)(C)C)ccc1-2.[Cl-].[Cl-]. The summed E-state index contributed by atoms with van der Waals surface area (Å²) in [6, 6.07) is 39.8. The normalized spacial score (nSPS) is 14.2. The van der Waals surface area contributed by atoms with Gasteiger partial charge in [-0.05, 0) is 0 Å². The van der Waals surface area contributed by atoms with E-state index in [0.717, 1.165) is 0 Å². The molecule has 0 nitrogen and oxygen atoms in total. The van der Waals surface area contributed by atoms with Gasteiger partial charge in [0.25, 0.3) is 0 Å². The fraction of sp³-hybridized carbons (Fsp3) is 0.300. The molecule has 0 heterocycles. The maximum Gasteiger partial charge on any atom is -1.00 e. The van der Waals surface area contributed by atoms with E-state index in [2.05, 4.69) is 151 Å². The molecule has 0 N–H and O–H groups in total. The molecule has 0 saturated heterocycles. The monoisotopic (exact) mass is 712 g/mol. The van der Waals surface area contributed by atoms with Gasteiger partial charge in [0, 0.05) is 0 Å². The van der Waals surface area contributed by atoms with E-state index in [1.807, 2.05) is 3.28 Å². The van der Waals surface area contributed by atoms with Gasteiger partial charge in [-0.25, -0.2) is 0 Å². The van der Waals surface area contributed by atoms with Crippen molar-refractivity contribution in [3.8, 4) is 11.1 Å². The summed E-state index contributed by atoms with van der Waals surface area (Å²) in [5.74, 6) is 0. The summed E-state index contributed by atoms with van der Waals surface area (Å²) in [4.78, 5) is 0. The molecule has 0 saturated carbocycles. The summed E-state index contributed by atoms with van der Waals surface area (Å²) in [5.41, 5.74) is 12.4. The summed E-state index contributed by atoms with van der Waals surface area (Å²) in [7, 11) is -1.27. The first-order chi connectivity index (χ1) is 20.1. The molecule has 4 aromatic rings. The van der Waals surface area contributed by atoms with Crippen LogP contribution in [0, 0.1) is 0 Å². The molecule has 0 aliphatic heterocycles. The van der Waals surface area contributed by atoms with Crippen LogP contribution in [0.25, 0.3) is 11.1 Å². The molecule has 0 fully saturated rings. The maximum atomic E-state index is 2.59. The average Bonchev–Trinajstić information content (AvgIpc) is 3.55. The number of allylic oxidation sites excluding steroid dienone is 4. The fourth-order valence-corrected chi connectivity index (χ4v) is 15.9. The molecular formula is C40H44Cl2SiZr. The molecule has 0 atom stereocenters. The Hall–Kier alpha value is -1.96. The Morgan fingerprint density at radius 1 is 0.636 bits per heavy atom. The second-order valence-corrected chi connectivity index (χ2v) is 20.7. The molecule has 0 amide bonds. The Morgan fingerprint density at radius 3 is 1.52 bits per heavy atom. The molecule has 226 valence electrons. The van der Waals surface area contributed by atoms with Crippen molar-refractivity contribution in [1.82, 2.24) is 0 Å². The molecule has 0 radical (unpaired) electrons. The Balaban J connectivity index is 0.00000221. The average molecular weight is 715 g/mol. The van der Waals surface area contributed by atoms with Crippen LogP contribution < -0.4 is 24.8 Å². The number of hydrogen-bond acceptors (Lipinski definition) is 0. The molecule has 2 aliphatic carbocycles. The molecule has 6 rings (SSSR count). The zero-order valence-electron chi connectivity index (χ0n) is 26.9. The second kappa shape index (κ2) is 14.2. The largest absolute Gasteiger partial charge is 1.00 e. The van der Waals surface area contributed by atoms with E-state index >= 15 is 0 Å². The first-order valence-corrected chi connectivity index (χ1v) is 20.5. The van der Waals surface area contributed by atoms with Gasteiger partial charge in [-0.15, -0.1) is 0 Å². The molecule has 0 bridgehead atoms. The number of hydrogen-bond donors (Lipinski definition) is 0. The van der Waals surface area contributed by atoms with Gasteiger partial charge in [-0.1, -0.05) is 0 Å². The van der Waals surface area contributed by atoms with Crippen molar-refractivity contribution in [2.75, 3.05) is 0 Å². The molecule has 0 aromatic heterocycles. The standard InChI is InChI=1S/C21H25.C19H19Si.2ClH.Zr/c1-20(2,3)16-7-9-18-14(12-16)11-15-13-17(21(4,5)6)8-10-19(15)18;1-3-9-17(10-4-1)15-20(19-13-7-8-14-19)16-18-11-5-2-6-12-18;;;/h7-13H,1-6H3;1-7,9-13,20H,8,15-16H2;2*1H;/q;;;;+2/p-2. The molecule has 44 heavy (non-hydrogen) atoms. The van der Waals surface area contributed by atoms with Gasteiger partial charge in [-0.2, -0.15) is 0 Å². The third kappa shape index (κ3) is 7.53. The van der Waals surface area contributed by atoms with E-state index < -0.39 is 32.0 Å². The van der Waals surface area contributed by atoms with Crippen molar-refractivity contribution in [2.45, 2.75) is 74.5 Å². The van der Waals surface area contributed by atoms with Gasteiger partial charge in [0.15, 0.2) is 0 Å². The van der Waals surface area contributed by atoms with Gasteiger partial charge in [0.2, 0.25) is 0 Å². The van der Waals surface area contributed by atoms with E-state index in [4.69, 9.17) is 0 Å². The van der Waals surface area contributed by atoms with Gasteiger partial charge in [0.05, 0.1) is 0 Å². The zero-order chi connectivity index (χ0) is 29.5. The Morgan fingerprint density at radius 2 is 1.09 bits per heavy atom. The summed E-state index contributed by atoms with van der Waals surface area (Å²) in [5, 5.41) is 1.78. The number of fused-ring (bicyclic) bond motifs is 3. The van der Waals surface area contributed by atoms with Crippen LogP contribution in [0.3, 0.4) is 0 Å². The summed E-state index contributed by atoms with van der Waals surface area (Å²) in [6.45, 7) is 14.1. The van der Waals surface area contributed by atoms with Gasteiger partial charge in [0.1, 0.15) is 0 Å². The first-order valence-electron chi connectivity index (χ1n) is 15.6. The van der Waals surface area contributed by atoms with Crippen LogP contribution in [0.2, 0.25) is 0 Å². The molecule has 0 unspecified atom stereocenters. The van der Waals surface area contributed by atoms with Crippen LogP contribution in [-0.2, 0) is 46.2 Å². The van der Waals surface area contributed by atoms with Crippen LogP contribution in [-0.4, -0.2) is 8.80 Å². The van der Waals surface area contributed by atoms with Gasteiger partial charge in [-0.3, -0.25) is 0 Å². The van der Waals surface area contributed by atoms with E-state index in [0.29, 0.717) is 3.63 Å². The van der Waals surface area contributed by atoms with Gasteiger partial charge >= 0.3 is 269 Å². The number of rotatable bonds is 7. The molecule has 0 spiro atoms. The van der Waals surface area contributed by atoms with Crippen LogP contribution in [0.15, 0.2) is 118 Å². The Bertz CT molecular complexity index is 1540. The summed E-state index contributed by atoms with van der Waals surface area (Å²) < 4.78 is 2.43. The summed E-state index contributed by atoms with van der Waals surface area (Å²) in [6.07, 6.45) is 6.23. The van der Waals surface area contributed by atoms with Crippen molar-refractivity contribution in [3.63, 3.8) is 0 Å². The predicted molar refractivity (Wildman–Crippen MR) is 179 cm³/mol. The number of halogens is 2. The molecular weight excluding hydrogens is 671 g/mol. The fourth-order valence-electron chi connectivity index (χ4n) is 6.66. The van der Waals surface area contributed by atoms with E-state index in [1.165, 1.54) is 51.9 Å². The third-order valence-corrected chi connectivity index (χ3v) is 17.5. The van der Waals surface area contributed by atoms with Crippen LogP contribution >= 0.6 is 0 Å². The Labute approximate surface area is 291 Å². The van der Waals surface area contributed by atoms with Crippen LogP contribution in [0.5, 0.6) is 0 Å². The van der Waals surface area contributed by atoms with Gasteiger partial charge < -0.3 is 24.8 Å². The van der Waals surface area contributed by atoms with Crippen LogP contribution in [0.1, 0.15) is 85.0 Å². The van der Waals surface area contributed by atoms with E-state index in [9.17, 15) is 0 Å². The van der Waals surface area contributed by atoms with Crippen molar-refractivity contribution >= 4 is 8.80 Å². The second-order valence-electron chi connectivity index (χ2n) is 14.3. The molecule has 4 heteroatoms. The first kappa shape index (κ1) is 34.9. The maximum absolute atomic E-state index is 2.59. The van der Waals surface area contributed by atoms with E-state index in [1.54, 1.807) is 16.3 Å². The van der Waals surface area contributed by atoms with Crippen molar-refractivity contribution in [1.29, 1.82) is 0 Å². The quantitative estimate of drug-likeness (QED) is 0.255. The smallest absolute Gasteiger partial charge is 1.00 e. The minimum atomic E-state index is -1.27. The Kier molecular flexibility index (Phi) is 11.3. The van der Waals surface area contributed by atoms with Crippen molar-refractivity contribution in [2.24, 2.45) is 0 Å². The minimum absolute atomic E-state index is 0. The van der Waals surface area contributed by atoms with Crippen molar-refractivity contribution in [3.05, 3.63) is 151 Å². The van der Waals surface area contributed by atoms with E-state index in [-0.39, 0.29) is 35.6 Å². The number of benzene rings is 4. The third-order valence-electron chi connectivity index (χ3n) is 9.12. The topological polar surface area (TPSA) is 0 Å². The van der Waals surface area contributed by atoms with Crippen LogP contribution in [0.4, 0.5) is 0 Å². The zero-order valence-corrected chi connectivity index (χ0v) is 32.0. The minimum Gasteiger partial charge on any atom is -1.00 e. The summed E-state index contributed by atoms with van der Waals surface area (Å²) >= 11 is -0.973. The molecule has 2 aliphatic rings. The molecule has 4 aromatic carbocycles. The van der Waals surface area contributed by atoms with Crippen molar-refractivity contribution < 1.29 is 48.0 Å². The predicted octanol–water partition coefficient (Wildman–Crippen LogP) is 3.99.